The Hall–Kier alpha value is -0.110. The first-order valence-electron chi connectivity index (χ1n) is 4.91. The normalized spacial score (nSPS) is 17.0. The molecule has 74 valence electrons. The Balaban J connectivity index is 4.47. The summed E-state index contributed by atoms with van der Waals surface area (Å²) in [5, 5.41) is 0. The van der Waals surface area contributed by atoms with Gasteiger partial charge in [-0.3, -0.25) is 0 Å². The Bertz CT molecular complexity index is 121. The van der Waals surface area contributed by atoms with E-state index in [-0.39, 0.29) is 18.4 Å². The summed E-state index contributed by atoms with van der Waals surface area (Å²) in [6, 6.07) is 0. The van der Waals surface area contributed by atoms with Gasteiger partial charge in [0.05, 0.1) is 0 Å². The van der Waals surface area contributed by atoms with E-state index in [2.05, 4.69) is 0 Å². The van der Waals surface area contributed by atoms with Gasteiger partial charge in [0.25, 0.3) is 0 Å². The zero-order valence-corrected chi connectivity index (χ0v) is 8.73. The summed E-state index contributed by atoms with van der Waals surface area (Å²) in [5.74, 6) is 0.134. The maximum Gasteiger partial charge on any atom is 0.128 e. The van der Waals surface area contributed by atoms with E-state index < -0.39 is 5.67 Å². The lowest BCUT2D eigenvalue weighted by molar-refractivity contribution is 0.0343. The van der Waals surface area contributed by atoms with Crippen LogP contribution < -0.4 is 5.73 Å². The zero-order chi connectivity index (χ0) is 9.78. The van der Waals surface area contributed by atoms with Crippen LogP contribution in [0.3, 0.4) is 0 Å². The molecule has 0 aliphatic heterocycles. The van der Waals surface area contributed by atoms with Gasteiger partial charge in [-0.15, -0.1) is 0 Å². The molecule has 0 spiro atoms. The molecule has 2 heteroatoms. The third-order valence-electron chi connectivity index (χ3n) is 2.94. The lowest BCUT2D eigenvalue weighted by Crippen LogP contribution is -2.45. The van der Waals surface area contributed by atoms with E-state index in [0.717, 1.165) is 12.8 Å². The molecule has 0 bridgehead atoms. The van der Waals surface area contributed by atoms with Crippen LogP contribution >= 0.6 is 0 Å². The van der Waals surface area contributed by atoms with Gasteiger partial charge in [0.1, 0.15) is 5.67 Å². The Kier molecular flexibility index (Phi) is 4.76. The predicted molar refractivity (Wildman–Crippen MR) is 51.8 cm³/mol. The van der Waals surface area contributed by atoms with Crippen LogP contribution in [0.15, 0.2) is 0 Å². The Morgan fingerprint density at radius 1 is 1.25 bits per heavy atom. The lowest BCUT2D eigenvalue weighted by Gasteiger charge is -2.35. The number of hydrogen-bond acceptors (Lipinski definition) is 1. The summed E-state index contributed by atoms with van der Waals surface area (Å²) in [4.78, 5) is 0. The van der Waals surface area contributed by atoms with Gasteiger partial charge in [0.2, 0.25) is 0 Å². The van der Waals surface area contributed by atoms with Gasteiger partial charge in [-0.2, -0.15) is 0 Å². The molecule has 0 radical (unpaired) electrons. The first-order chi connectivity index (χ1) is 5.52. The second-order valence-electron chi connectivity index (χ2n) is 3.80. The number of halogens is 1. The van der Waals surface area contributed by atoms with Crippen LogP contribution in [0, 0.1) is 11.8 Å². The molecule has 0 aromatic heterocycles. The summed E-state index contributed by atoms with van der Waals surface area (Å²) in [5.41, 5.74) is 4.32. The van der Waals surface area contributed by atoms with Gasteiger partial charge in [-0.05, 0) is 11.8 Å². The van der Waals surface area contributed by atoms with Crippen LogP contribution in [0.25, 0.3) is 0 Å². The SMILES string of the molecule is CCC(CC)C(F)(CN)C(C)C. The van der Waals surface area contributed by atoms with Crippen molar-refractivity contribution in [2.45, 2.75) is 46.2 Å². The number of alkyl halides is 1. The topological polar surface area (TPSA) is 26.0 Å². The molecule has 0 amide bonds. The molecular weight excluding hydrogens is 153 g/mol. The molecule has 0 saturated heterocycles. The predicted octanol–water partition coefficient (Wildman–Crippen LogP) is 2.75. The van der Waals surface area contributed by atoms with Crippen molar-refractivity contribution in [1.82, 2.24) is 0 Å². The largest absolute Gasteiger partial charge is 0.328 e. The fourth-order valence-electron chi connectivity index (χ4n) is 1.84. The zero-order valence-electron chi connectivity index (χ0n) is 8.73. The first-order valence-corrected chi connectivity index (χ1v) is 4.91. The van der Waals surface area contributed by atoms with Crippen molar-refractivity contribution < 1.29 is 4.39 Å². The van der Waals surface area contributed by atoms with Crippen molar-refractivity contribution >= 4 is 0 Å². The van der Waals surface area contributed by atoms with Crippen LogP contribution in [-0.4, -0.2) is 12.2 Å². The third-order valence-corrected chi connectivity index (χ3v) is 2.94. The van der Waals surface area contributed by atoms with Crippen molar-refractivity contribution in [1.29, 1.82) is 0 Å². The van der Waals surface area contributed by atoms with Gasteiger partial charge in [0, 0.05) is 6.54 Å². The lowest BCUT2D eigenvalue weighted by atomic mass is 9.77. The number of rotatable bonds is 5. The standard InChI is InChI=1S/C10H22FN/c1-5-9(6-2)10(11,7-12)8(3)4/h8-9H,5-7,12H2,1-4H3. The molecule has 0 aliphatic rings. The van der Waals surface area contributed by atoms with Crippen LogP contribution in [0.2, 0.25) is 0 Å². The van der Waals surface area contributed by atoms with Gasteiger partial charge in [-0.1, -0.05) is 40.5 Å². The molecule has 0 rings (SSSR count). The van der Waals surface area contributed by atoms with E-state index in [1.165, 1.54) is 0 Å². The average Bonchev–Trinajstić information content (AvgIpc) is 2.05. The molecule has 1 atom stereocenters. The monoisotopic (exact) mass is 175 g/mol. The quantitative estimate of drug-likeness (QED) is 0.683. The van der Waals surface area contributed by atoms with Crippen LogP contribution in [0.1, 0.15) is 40.5 Å². The molecule has 1 unspecified atom stereocenters. The van der Waals surface area contributed by atoms with Gasteiger partial charge in [0.15, 0.2) is 0 Å². The molecule has 0 fully saturated rings. The number of nitrogens with two attached hydrogens (primary N) is 1. The maximum atomic E-state index is 14.2. The highest BCUT2D eigenvalue weighted by molar-refractivity contribution is 4.89. The van der Waals surface area contributed by atoms with Crippen molar-refractivity contribution in [3.63, 3.8) is 0 Å². The van der Waals surface area contributed by atoms with Crippen LogP contribution in [0.5, 0.6) is 0 Å². The minimum absolute atomic E-state index is 0.0207. The molecular formula is C10H22FN. The van der Waals surface area contributed by atoms with E-state index in [1.807, 2.05) is 27.7 Å². The summed E-state index contributed by atoms with van der Waals surface area (Å²) in [6.07, 6.45) is 1.75. The minimum atomic E-state index is -1.16. The molecule has 0 aliphatic carbocycles. The fourth-order valence-corrected chi connectivity index (χ4v) is 1.84. The highest BCUT2D eigenvalue weighted by atomic mass is 19.1. The molecule has 0 aromatic rings. The second-order valence-corrected chi connectivity index (χ2v) is 3.80. The van der Waals surface area contributed by atoms with Gasteiger partial charge in [-0.25, -0.2) is 4.39 Å². The molecule has 0 saturated carbocycles. The van der Waals surface area contributed by atoms with Crippen molar-refractivity contribution in [2.24, 2.45) is 17.6 Å². The van der Waals surface area contributed by atoms with Crippen LogP contribution in [-0.2, 0) is 0 Å². The molecule has 2 N–H and O–H groups in total. The minimum Gasteiger partial charge on any atom is -0.328 e. The summed E-state index contributed by atoms with van der Waals surface area (Å²) >= 11 is 0. The average molecular weight is 175 g/mol. The van der Waals surface area contributed by atoms with E-state index in [1.54, 1.807) is 0 Å². The highest BCUT2D eigenvalue weighted by Crippen LogP contribution is 2.33. The van der Waals surface area contributed by atoms with Crippen LogP contribution in [0.4, 0.5) is 4.39 Å². The Morgan fingerprint density at radius 3 is 1.75 bits per heavy atom. The first kappa shape index (κ1) is 11.9. The van der Waals surface area contributed by atoms with Crippen molar-refractivity contribution in [3.8, 4) is 0 Å². The van der Waals surface area contributed by atoms with E-state index >= 15 is 0 Å². The van der Waals surface area contributed by atoms with E-state index in [4.69, 9.17) is 5.73 Å². The van der Waals surface area contributed by atoms with E-state index in [9.17, 15) is 4.39 Å². The third kappa shape index (κ3) is 2.19. The molecule has 1 nitrogen and oxygen atoms in total. The van der Waals surface area contributed by atoms with Crippen molar-refractivity contribution in [2.75, 3.05) is 6.54 Å². The number of hydrogen-bond donors (Lipinski definition) is 1. The maximum absolute atomic E-state index is 14.2. The summed E-state index contributed by atoms with van der Waals surface area (Å²) in [7, 11) is 0. The molecule has 12 heavy (non-hydrogen) atoms. The molecule has 0 heterocycles. The Labute approximate surface area is 75.5 Å². The summed E-state index contributed by atoms with van der Waals surface area (Å²) in [6.45, 7) is 8.02. The summed E-state index contributed by atoms with van der Waals surface area (Å²) < 4.78 is 14.2. The second kappa shape index (κ2) is 4.80. The van der Waals surface area contributed by atoms with Gasteiger partial charge < -0.3 is 5.73 Å². The Morgan fingerprint density at radius 2 is 1.67 bits per heavy atom. The van der Waals surface area contributed by atoms with Crippen molar-refractivity contribution in [3.05, 3.63) is 0 Å². The fraction of sp³-hybridized carbons (Fsp3) is 1.00. The highest BCUT2D eigenvalue weighted by Gasteiger charge is 2.38. The van der Waals surface area contributed by atoms with Gasteiger partial charge >= 0.3 is 0 Å². The molecule has 0 aromatic carbocycles. The smallest absolute Gasteiger partial charge is 0.128 e. The van der Waals surface area contributed by atoms with E-state index in [0.29, 0.717) is 0 Å².